The molecule has 9 heteroatoms. The number of ketones is 1. The number of aryl methyl sites for hydroxylation is 1. The fourth-order valence-electron chi connectivity index (χ4n) is 3.51. The number of amides is 1. The van der Waals surface area contributed by atoms with E-state index in [1.165, 1.54) is 12.0 Å². The van der Waals surface area contributed by atoms with E-state index >= 15 is 0 Å². The standard InChI is InChI=1S/C23H17ClN2O5S/c1-12-20(22(30)31-2)32-23(25-12)26-17(13-8-10-15(24)11-9-13)16(19(28)21(26)29)18(27)14-6-4-3-5-7-14/h3-11,17,27H,1-2H3/b18-16+/t17-/m1/s1. The molecule has 1 aliphatic rings. The Labute approximate surface area is 192 Å². The third-order valence-electron chi connectivity index (χ3n) is 5.04. The number of carbonyl (C=O) groups is 3. The Hall–Kier alpha value is -3.49. The smallest absolute Gasteiger partial charge is 0.350 e. The van der Waals surface area contributed by atoms with E-state index < -0.39 is 23.7 Å². The van der Waals surface area contributed by atoms with Gasteiger partial charge in [-0.3, -0.25) is 14.5 Å². The second-order valence-electron chi connectivity index (χ2n) is 6.99. The lowest BCUT2D eigenvalue weighted by atomic mass is 9.95. The van der Waals surface area contributed by atoms with E-state index in [9.17, 15) is 19.5 Å². The molecule has 1 saturated heterocycles. The normalized spacial score (nSPS) is 17.6. The molecule has 7 nitrogen and oxygen atoms in total. The Balaban J connectivity index is 1.93. The average Bonchev–Trinajstić information content (AvgIpc) is 3.31. The minimum absolute atomic E-state index is 0.0732. The van der Waals surface area contributed by atoms with Gasteiger partial charge in [-0.1, -0.05) is 65.4 Å². The number of thiazole rings is 1. The van der Waals surface area contributed by atoms with Crippen LogP contribution in [0.1, 0.15) is 32.5 Å². The molecule has 1 N–H and O–H groups in total. The number of esters is 1. The van der Waals surface area contributed by atoms with Crippen LogP contribution in [0.25, 0.3) is 5.76 Å². The van der Waals surface area contributed by atoms with Crippen molar-refractivity contribution in [1.29, 1.82) is 0 Å². The van der Waals surface area contributed by atoms with Crippen LogP contribution in [0.3, 0.4) is 0 Å². The van der Waals surface area contributed by atoms with Crippen molar-refractivity contribution in [3.63, 3.8) is 0 Å². The van der Waals surface area contributed by atoms with Gasteiger partial charge in [-0.15, -0.1) is 0 Å². The molecular formula is C23H17ClN2O5S. The van der Waals surface area contributed by atoms with Crippen molar-refractivity contribution >= 4 is 51.5 Å². The molecule has 1 fully saturated rings. The van der Waals surface area contributed by atoms with E-state index in [0.717, 1.165) is 11.3 Å². The van der Waals surface area contributed by atoms with Crippen LogP contribution in [-0.2, 0) is 14.3 Å². The molecule has 4 rings (SSSR count). The number of rotatable bonds is 4. The molecule has 32 heavy (non-hydrogen) atoms. The maximum absolute atomic E-state index is 13.1. The molecule has 0 unspecified atom stereocenters. The summed E-state index contributed by atoms with van der Waals surface area (Å²) in [6, 6.07) is 14.2. The number of hydrogen-bond acceptors (Lipinski definition) is 7. The Bertz CT molecular complexity index is 1250. The van der Waals surface area contributed by atoms with Gasteiger partial charge in [-0.25, -0.2) is 9.78 Å². The van der Waals surface area contributed by atoms with Gasteiger partial charge in [0.25, 0.3) is 5.78 Å². The van der Waals surface area contributed by atoms with Crippen LogP contribution >= 0.6 is 22.9 Å². The molecule has 2 heterocycles. The number of aromatic nitrogens is 1. The summed E-state index contributed by atoms with van der Waals surface area (Å²) >= 11 is 6.97. The van der Waals surface area contributed by atoms with Gasteiger partial charge in [0.1, 0.15) is 10.6 Å². The molecule has 1 atom stereocenters. The molecule has 1 aromatic heterocycles. The molecule has 0 radical (unpaired) electrons. The number of methoxy groups -OCH3 is 1. The number of benzene rings is 2. The van der Waals surface area contributed by atoms with Crippen molar-refractivity contribution in [2.45, 2.75) is 13.0 Å². The zero-order chi connectivity index (χ0) is 23.0. The van der Waals surface area contributed by atoms with Gasteiger partial charge >= 0.3 is 11.9 Å². The van der Waals surface area contributed by atoms with Crippen molar-refractivity contribution in [3.8, 4) is 0 Å². The van der Waals surface area contributed by atoms with Crippen LogP contribution < -0.4 is 4.90 Å². The summed E-state index contributed by atoms with van der Waals surface area (Å²) in [6.07, 6.45) is 0. The van der Waals surface area contributed by atoms with Crippen molar-refractivity contribution in [1.82, 2.24) is 4.98 Å². The number of aliphatic hydroxyl groups is 1. The molecule has 0 saturated carbocycles. The van der Waals surface area contributed by atoms with Gasteiger partial charge in [-0.05, 0) is 24.6 Å². The highest BCUT2D eigenvalue weighted by atomic mass is 35.5. The summed E-state index contributed by atoms with van der Waals surface area (Å²) in [4.78, 5) is 44.0. The minimum atomic E-state index is -0.955. The summed E-state index contributed by atoms with van der Waals surface area (Å²) in [5, 5.41) is 11.6. The first-order valence-corrected chi connectivity index (χ1v) is 10.7. The lowest BCUT2D eigenvalue weighted by Crippen LogP contribution is -2.29. The van der Waals surface area contributed by atoms with Crippen LogP contribution in [0.2, 0.25) is 5.02 Å². The molecule has 1 amide bonds. The van der Waals surface area contributed by atoms with Crippen LogP contribution in [0.15, 0.2) is 60.2 Å². The van der Waals surface area contributed by atoms with Gasteiger partial charge in [0.2, 0.25) is 0 Å². The molecule has 3 aromatic rings. The van der Waals surface area contributed by atoms with E-state index in [1.54, 1.807) is 61.5 Å². The van der Waals surface area contributed by atoms with E-state index in [0.29, 0.717) is 21.8 Å². The lowest BCUT2D eigenvalue weighted by molar-refractivity contribution is -0.132. The number of carbonyl (C=O) groups excluding carboxylic acids is 3. The SMILES string of the molecule is COC(=O)c1sc(N2C(=O)C(=O)/C(=C(/O)c3ccccc3)[C@H]2c2ccc(Cl)cc2)nc1C. The van der Waals surface area contributed by atoms with Crippen LogP contribution in [0.4, 0.5) is 5.13 Å². The van der Waals surface area contributed by atoms with Gasteiger partial charge in [0, 0.05) is 10.6 Å². The summed E-state index contributed by atoms with van der Waals surface area (Å²) in [7, 11) is 1.25. The van der Waals surface area contributed by atoms with Crippen molar-refractivity contribution in [2.24, 2.45) is 0 Å². The van der Waals surface area contributed by atoms with Crippen molar-refractivity contribution in [3.05, 3.63) is 86.9 Å². The number of ether oxygens (including phenoxy) is 1. The average molecular weight is 469 g/mol. The first kappa shape index (κ1) is 21.7. The highest BCUT2D eigenvalue weighted by Gasteiger charge is 2.48. The second-order valence-corrected chi connectivity index (χ2v) is 8.40. The van der Waals surface area contributed by atoms with Gasteiger partial charge in [0.05, 0.1) is 24.4 Å². The molecule has 1 aliphatic heterocycles. The Kier molecular flexibility index (Phi) is 5.82. The second kappa shape index (κ2) is 8.57. The number of nitrogens with zero attached hydrogens (tertiary/aromatic N) is 2. The summed E-state index contributed by atoms with van der Waals surface area (Å²) in [6.45, 7) is 1.62. The quantitative estimate of drug-likeness (QED) is 0.262. The Morgan fingerprint density at radius 2 is 1.78 bits per heavy atom. The van der Waals surface area contributed by atoms with E-state index in [1.807, 2.05) is 0 Å². The zero-order valence-corrected chi connectivity index (χ0v) is 18.6. The minimum Gasteiger partial charge on any atom is -0.507 e. The third kappa shape index (κ3) is 3.68. The Morgan fingerprint density at radius 1 is 1.12 bits per heavy atom. The predicted molar refractivity (Wildman–Crippen MR) is 121 cm³/mol. The molecular weight excluding hydrogens is 452 g/mol. The molecule has 0 bridgehead atoms. The van der Waals surface area contributed by atoms with Crippen LogP contribution in [-0.4, -0.2) is 34.9 Å². The van der Waals surface area contributed by atoms with Gasteiger partial charge < -0.3 is 9.84 Å². The van der Waals surface area contributed by atoms with Crippen molar-refractivity contribution in [2.75, 3.05) is 12.0 Å². The third-order valence-corrected chi connectivity index (χ3v) is 6.43. The number of anilines is 1. The molecule has 162 valence electrons. The highest BCUT2D eigenvalue weighted by Crippen LogP contribution is 2.44. The van der Waals surface area contributed by atoms with Crippen LogP contribution in [0, 0.1) is 6.92 Å². The van der Waals surface area contributed by atoms with Crippen LogP contribution in [0.5, 0.6) is 0 Å². The summed E-state index contributed by atoms with van der Waals surface area (Å²) in [5.74, 6) is -2.59. The predicted octanol–water partition coefficient (Wildman–Crippen LogP) is 4.52. The maximum Gasteiger partial charge on any atom is 0.350 e. The summed E-state index contributed by atoms with van der Waals surface area (Å²) < 4.78 is 4.78. The monoisotopic (exact) mass is 468 g/mol. The zero-order valence-electron chi connectivity index (χ0n) is 17.0. The number of aliphatic hydroxyl groups excluding tert-OH is 1. The number of Topliss-reactive ketones (excluding diaryl/α,β-unsaturated/α-hetero) is 1. The van der Waals surface area contributed by atoms with E-state index in [4.69, 9.17) is 16.3 Å². The van der Waals surface area contributed by atoms with Gasteiger partial charge in [0.15, 0.2) is 5.13 Å². The Morgan fingerprint density at radius 3 is 2.41 bits per heavy atom. The van der Waals surface area contributed by atoms with Gasteiger partial charge in [-0.2, -0.15) is 0 Å². The van der Waals surface area contributed by atoms with E-state index in [-0.39, 0.29) is 21.3 Å². The first-order chi connectivity index (χ1) is 15.3. The molecule has 0 aliphatic carbocycles. The fraction of sp³-hybridized carbons (Fsp3) is 0.130. The molecule has 2 aromatic carbocycles. The topological polar surface area (TPSA) is 96.8 Å². The molecule has 0 spiro atoms. The fourth-order valence-corrected chi connectivity index (χ4v) is 4.65. The van der Waals surface area contributed by atoms with E-state index in [2.05, 4.69) is 4.98 Å². The number of halogens is 1. The summed E-state index contributed by atoms with van der Waals surface area (Å²) in [5.41, 5.74) is 1.25. The van der Waals surface area contributed by atoms with Crippen molar-refractivity contribution < 1.29 is 24.2 Å². The maximum atomic E-state index is 13.1. The lowest BCUT2D eigenvalue weighted by Gasteiger charge is -2.23. The first-order valence-electron chi connectivity index (χ1n) is 9.51. The highest BCUT2D eigenvalue weighted by molar-refractivity contribution is 7.17. The largest absolute Gasteiger partial charge is 0.507 e. The number of hydrogen-bond donors (Lipinski definition) is 1.